The minimum absolute atomic E-state index is 0.336. The zero-order valence-electron chi connectivity index (χ0n) is 8.81. The van der Waals surface area contributed by atoms with Crippen LogP contribution in [0.3, 0.4) is 0 Å². The number of nitrogen functional groups attached to an aromatic ring is 1. The number of halogens is 1. The van der Waals surface area contributed by atoms with E-state index in [1.165, 1.54) is 0 Å². The SMILES string of the molecule is Nc1ccc(-c2ncn(CCCF)n2)cc1. The normalized spacial score (nSPS) is 10.6. The van der Waals surface area contributed by atoms with Gasteiger partial charge in [-0.2, -0.15) is 5.10 Å². The summed E-state index contributed by atoms with van der Waals surface area (Å²) < 4.78 is 13.6. The summed E-state index contributed by atoms with van der Waals surface area (Å²) in [5.74, 6) is 0.638. The number of aryl methyl sites for hydroxylation is 1. The fourth-order valence-corrected chi connectivity index (χ4v) is 1.39. The van der Waals surface area contributed by atoms with Crippen LogP contribution in [-0.2, 0) is 6.54 Å². The molecule has 4 nitrogen and oxygen atoms in total. The molecule has 0 saturated heterocycles. The number of rotatable bonds is 4. The molecule has 1 heterocycles. The number of hydrogen-bond donors (Lipinski definition) is 1. The van der Waals surface area contributed by atoms with E-state index in [4.69, 9.17) is 5.73 Å². The number of anilines is 1. The van der Waals surface area contributed by atoms with Crippen LogP contribution < -0.4 is 5.73 Å². The quantitative estimate of drug-likeness (QED) is 0.800. The maximum atomic E-state index is 12.0. The van der Waals surface area contributed by atoms with Crippen molar-refractivity contribution in [1.82, 2.24) is 14.8 Å². The van der Waals surface area contributed by atoms with Crippen molar-refractivity contribution in [1.29, 1.82) is 0 Å². The van der Waals surface area contributed by atoms with Gasteiger partial charge in [0.2, 0.25) is 0 Å². The van der Waals surface area contributed by atoms with E-state index in [2.05, 4.69) is 10.1 Å². The van der Waals surface area contributed by atoms with Gasteiger partial charge in [0.25, 0.3) is 0 Å². The van der Waals surface area contributed by atoms with Crippen LogP contribution in [0.1, 0.15) is 6.42 Å². The second kappa shape index (κ2) is 4.74. The van der Waals surface area contributed by atoms with Crippen LogP contribution in [0.15, 0.2) is 30.6 Å². The molecule has 0 aliphatic heterocycles. The molecule has 0 amide bonds. The molecule has 0 spiro atoms. The summed E-state index contributed by atoms with van der Waals surface area (Å²) in [4.78, 5) is 4.16. The molecular formula is C11H13FN4. The second-order valence-electron chi connectivity index (χ2n) is 3.50. The van der Waals surface area contributed by atoms with Crippen LogP contribution in [-0.4, -0.2) is 21.4 Å². The van der Waals surface area contributed by atoms with Crippen LogP contribution in [0, 0.1) is 0 Å². The Morgan fingerprint density at radius 1 is 1.25 bits per heavy atom. The Kier molecular flexibility index (Phi) is 3.14. The Hall–Kier alpha value is -1.91. The topological polar surface area (TPSA) is 56.7 Å². The first kappa shape index (κ1) is 10.6. The minimum Gasteiger partial charge on any atom is -0.399 e. The molecule has 0 aliphatic rings. The summed E-state index contributed by atoms with van der Waals surface area (Å²) in [7, 11) is 0. The van der Waals surface area contributed by atoms with Gasteiger partial charge in [-0.15, -0.1) is 0 Å². The predicted octanol–water partition coefficient (Wildman–Crippen LogP) is 1.89. The highest BCUT2D eigenvalue weighted by molar-refractivity contribution is 5.57. The van der Waals surface area contributed by atoms with E-state index in [1.807, 2.05) is 12.1 Å². The molecule has 0 bridgehead atoms. The Morgan fingerprint density at radius 3 is 2.69 bits per heavy atom. The number of alkyl halides is 1. The number of benzene rings is 1. The highest BCUT2D eigenvalue weighted by Gasteiger charge is 2.03. The maximum absolute atomic E-state index is 12.0. The third-order valence-corrected chi connectivity index (χ3v) is 2.23. The average molecular weight is 220 g/mol. The molecule has 1 aromatic carbocycles. The summed E-state index contributed by atoms with van der Waals surface area (Å²) in [6.45, 7) is 0.218. The van der Waals surface area contributed by atoms with Gasteiger partial charge in [0.05, 0.1) is 6.67 Å². The van der Waals surface area contributed by atoms with Crippen LogP contribution in [0.4, 0.5) is 10.1 Å². The number of aromatic nitrogens is 3. The minimum atomic E-state index is -0.336. The second-order valence-corrected chi connectivity index (χ2v) is 3.50. The third-order valence-electron chi connectivity index (χ3n) is 2.23. The molecular weight excluding hydrogens is 207 g/mol. The molecule has 0 radical (unpaired) electrons. The van der Waals surface area contributed by atoms with Crippen LogP contribution in [0.2, 0.25) is 0 Å². The summed E-state index contributed by atoms with van der Waals surface area (Å²) >= 11 is 0. The van der Waals surface area contributed by atoms with Gasteiger partial charge in [0.15, 0.2) is 5.82 Å². The fourth-order valence-electron chi connectivity index (χ4n) is 1.39. The fraction of sp³-hybridized carbons (Fsp3) is 0.273. The molecule has 0 unspecified atom stereocenters. The summed E-state index contributed by atoms with van der Waals surface area (Å²) in [6, 6.07) is 7.34. The van der Waals surface area contributed by atoms with Crippen molar-refractivity contribution in [3.63, 3.8) is 0 Å². The first-order valence-electron chi connectivity index (χ1n) is 5.11. The van der Waals surface area contributed by atoms with Gasteiger partial charge in [-0.1, -0.05) is 0 Å². The van der Waals surface area contributed by atoms with E-state index < -0.39 is 0 Å². The Bertz CT molecular complexity index is 449. The zero-order chi connectivity index (χ0) is 11.4. The van der Waals surface area contributed by atoms with E-state index in [1.54, 1.807) is 23.1 Å². The van der Waals surface area contributed by atoms with Gasteiger partial charge in [-0.25, -0.2) is 4.98 Å². The van der Waals surface area contributed by atoms with Gasteiger partial charge in [0.1, 0.15) is 6.33 Å². The van der Waals surface area contributed by atoms with Crippen molar-refractivity contribution in [3.05, 3.63) is 30.6 Å². The van der Waals surface area contributed by atoms with Gasteiger partial charge in [-0.05, 0) is 30.7 Å². The van der Waals surface area contributed by atoms with Crippen LogP contribution in [0.25, 0.3) is 11.4 Å². The predicted molar refractivity (Wildman–Crippen MR) is 60.5 cm³/mol. The van der Waals surface area contributed by atoms with Crippen molar-refractivity contribution in [2.75, 3.05) is 12.4 Å². The zero-order valence-corrected chi connectivity index (χ0v) is 8.81. The largest absolute Gasteiger partial charge is 0.399 e. The lowest BCUT2D eigenvalue weighted by atomic mass is 10.2. The Labute approximate surface area is 92.9 Å². The maximum Gasteiger partial charge on any atom is 0.181 e. The van der Waals surface area contributed by atoms with Crippen molar-refractivity contribution in [2.45, 2.75) is 13.0 Å². The lowest BCUT2D eigenvalue weighted by molar-refractivity contribution is 0.434. The molecule has 0 saturated carbocycles. The lowest BCUT2D eigenvalue weighted by Gasteiger charge is -1.97. The number of nitrogens with zero attached hydrogens (tertiary/aromatic N) is 3. The van der Waals surface area contributed by atoms with Crippen molar-refractivity contribution in [3.8, 4) is 11.4 Å². The van der Waals surface area contributed by atoms with Crippen molar-refractivity contribution >= 4 is 5.69 Å². The molecule has 0 aliphatic carbocycles. The highest BCUT2D eigenvalue weighted by Crippen LogP contribution is 2.15. The number of hydrogen-bond acceptors (Lipinski definition) is 3. The van der Waals surface area contributed by atoms with E-state index >= 15 is 0 Å². The van der Waals surface area contributed by atoms with E-state index in [-0.39, 0.29) is 6.67 Å². The van der Waals surface area contributed by atoms with E-state index in [0.29, 0.717) is 24.5 Å². The van der Waals surface area contributed by atoms with E-state index in [0.717, 1.165) is 5.56 Å². The highest BCUT2D eigenvalue weighted by atomic mass is 19.1. The molecule has 2 N–H and O–H groups in total. The lowest BCUT2D eigenvalue weighted by Crippen LogP contribution is -1.99. The molecule has 2 aromatic rings. The average Bonchev–Trinajstić information content (AvgIpc) is 2.76. The van der Waals surface area contributed by atoms with E-state index in [9.17, 15) is 4.39 Å². The van der Waals surface area contributed by atoms with Gasteiger partial charge < -0.3 is 5.73 Å². The third kappa shape index (κ3) is 2.36. The van der Waals surface area contributed by atoms with Gasteiger partial charge in [0, 0.05) is 17.8 Å². The standard InChI is InChI=1S/C11H13FN4/c12-6-1-7-16-8-14-11(15-16)9-2-4-10(13)5-3-9/h2-5,8H,1,6-7,13H2. The summed E-state index contributed by atoms with van der Waals surface area (Å²) in [6.07, 6.45) is 2.08. The molecule has 0 fully saturated rings. The van der Waals surface area contributed by atoms with Gasteiger partial charge in [-0.3, -0.25) is 9.07 Å². The van der Waals surface area contributed by atoms with Crippen LogP contribution in [0.5, 0.6) is 0 Å². The van der Waals surface area contributed by atoms with Crippen molar-refractivity contribution in [2.24, 2.45) is 0 Å². The van der Waals surface area contributed by atoms with Crippen molar-refractivity contribution < 1.29 is 4.39 Å². The Balaban J connectivity index is 2.15. The molecule has 1 aromatic heterocycles. The van der Waals surface area contributed by atoms with Crippen LogP contribution >= 0.6 is 0 Å². The first-order chi connectivity index (χ1) is 7.79. The molecule has 84 valence electrons. The first-order valence-corrected chi connectivity index (χ1v) is 5.11. The molecule has 0 atom stereocenters. The summed E-state index contributed by atoms with van der Waals surface area (Å²) in [5, 5.41) is 4.25. The number of nitrogens with two attached hydrogens (primary N) is 1. The monoisotopic (exact) mass is 220 g/mol. The summed E-state index contributed by atoms with van der Waals surface area (Å²) in [5.41, 5.74) is 7.21. The molecule has 2 rings (SSSR count). The molecule has 5 heteroatoms. The Morgan fingerprint density at radius 2 is 2.00 bits per heavy atom. The smallest absolute Gasteiger partial charge is 0.181 e. The molecule has 16 heavy (non-hydrogen) atoms. The van der Waals surface area contributed by atoms with Gasteiger partial charge >= 0.3 is 0 Å².